The van der Waals surface area contributed by atoms with Crippen LogP contribution in [0.15, 0.2) is 23.3 Å². The molecule has 0 heterocycles. The van der Waals surface area contributed by atoms with E-state index < -0.39 is 46.1 Å². The average molecular weight is 365 g/mol. The molecular weight excluding hydrogens is 352 g/mol. The van der Waals surface area contributed by atoms with Gasteiger partial charge in [0.1, 0.15) is 6.07 Å². The monoisotopic (exact) mass is 365 g/mol. The number of halogens is 6. The second kappa shape index (κ2) is 6.74. The van der Waals surface area contributed by atoms with Crippen LogP contribution < -0.4 is 5.43 Å². The summed E-state index contributed by atoms with van der Waals surface area (Å²) in [6.45, 7) is 4.44. The number of nitrogens with one attached hydrogen (secondary N) is 1. The van der Waals surface area contributed by atoms with Gasteiger partial charge in [0.05, 0.1) is 16.8 Å². The number of ketones is 1. The topological polar surface area (TPSA) is 65.2 Å². The van der Waals surface area contributed by atoms with Gasteiger partial charge in [-0.1, -0.05) is 20.8 Å². The van der Waals surface area contributed by atoms with Crippen LogP contribution in [0.25, 0.3) is 0 Å². The van der Waals surface area contributed by atoms with Gasteiger partial charge in [0, 0.05) is 5.41 Å². The highest BCUT2D eigenvalue weighted by Gasteiger charge is 2.37. The minimum Gasteiger partial charge on any atom is -0.291 e. The average Bonchev–Trinajstić information content (AvgIpc) is 2.44. The van der Waals surface area contributed by atoms with Crippen LogP contribution in [0.5, 0.6) is 0 Å². The molecule has 0 atom stereocenters. The molecule has 0 bridgehead atoms. The molecule has 0 saturated heterocycles. The Morgan fingerprint density at radius 1 is 1.00 bits per heavy atom. The van der Waals surface area contributed by atoms with Gasteiger partial charge >= 0.3 is 12.4 Å². The quantitative estimate of drug-likeness (QED) is 0.482. The lowest BCUT2D eigenvalue weighted by Crippen LogP contribution is -2.28. The largest absolute Gasteiger partial charge is 0.416 e. The molecule has 0 amide bonds. The third-order valence-corrected chi connectivity index (χ3v) is 2.89. The van der Waals surface area contributed by atoms with Gasteiger partial charge in [0.2, 0.25) is 5.71 Å². The summed E-state index contributed by atoms with van der Waals surface area (Å²) in [4.78, 5) is 11.9. The second-order valence-electron chi connectivity index (χ2n) is 6.06. The molecule has 1 aromatic carbocycles. The number of hydrogen-bond acceptors (Lipinski definition) is 4. The first-order valence-electron chi connectivity index (χ1n) is 6.74. The van der Waals surface area contributed by atoms with Gasteiger partial charge in [0.25, 0.3) is 0 Å². The molecule has 1 rings (SSSR count). The Hall–Kier alpha value is -2.57. The van der Waals surface area contributed by atoms with Gasteiger partial charge < -0.3 is 0 Å². The molecule has 136 valence electrons. The number of Topliss-reactive ketones (excluding diaryl/α,β-unsaturated/α-hetero) is 1. The number of rotatable bonds is 3. The molecule has 0 saturated carbocycles. The molecule has 4 nitrogen and oxygen atoms in total. The zero-order valence-electron chi connectivity index (χ0n) is 13.3. The summed E-state index contributed by atoms with van der Waals surface area (Å²) < 4.78 is 76.5. The fraction of sp³-hybridized carbons (Fsp3) is 0.400. The van der Waals surface area contributed by atoms with E-state index in [4.69, 9.17) is 5.26 Å². The lowest BCUT2D eigenvalue weighted by molar-refractivity contribution is -0.143. The number of hydrazone groups is 1. The Kier molecular flexibility index (Phi) is 5.52. The number of hydrogen-bond donors (Lipinski definition) is 1. The molecule has 0 radical (unpaired) electrons. The molecular formula is C15H13F6N3O. The predicted octanol–water partition coefficient (Wildman–Crippen LogP) is 4.63. The summed E-state index contributed by atoms with van der Waals surface area (Å²) in [5.74, 6) is -0.717. The molecule has 0 fully saturated rings. The van der Waals surface area contributed by atoms with E-state index >= 15 is 0 Å². The Morgan fingerprint density at radius 3 is 1.76 bits per heavy atom. The number of anilines is 1. The minimum absolute atomic E-state index is 0.0413. The van der Waals surface area contributed by atoms with E-state index in [2.05, 4.69) is 5.10 Å². The zero-order chi connectivity index (χ0) is 19.6. The maximum atomic E-state index is 12.7. The highest BCUT2D eigenvalue weighted by Crippen LogP contribution is 2.37. The molecule has 10 heteroatoms. The normalized spacial score (nSPS) is 13.4. The first kappa shape index (κ1) is 20.5. The Balaban J connectivity index is 3.32. The van der Waals surface area contributed by atoms with Crippen molar-refractivity contribution < 1.29 is 31.1 Å². The van der Waals surface area contributed by atoms with Crippen LogP contribution >= 0.6 is 0 Å². The number of alkyl halides is 6. The van der Waals surface area contributed by atoms with E-state index in [-0.39, 0.29) is 6.07 Å². The summed E-state index contributed by atoms with van der Waals surface area (Å²) in [5.41, 5.74) is -3.49. The fourth-order valence-corrected chi connectivity index (χ4v) is 1.62. The van der Waals surface area contributed by atoms with Crippen LogP contribution in [0.3, 0.4) is 0 Å². The van der Waals surface area contributed by atoms with Crippen molar-refractivity contribution in [2.45, 2.75) is 33.1 Å². The lowest BCUT2D eigenvalue weighted by Gasteiger charge is -2.15. The Labute approximate surface area is 139 Å². The highest BCUT2D eigenvalue weighted by atomic mass is 19.4. The van der Waals surface area contributed by atoms with E-state index in [0.717, 1.165) is 0 Å². The van der Waals surface area contributed by atoms with Gasteiger partial charge in [-0.2, -0.15) is 36.7 Å². The maximum absolute atomic E-state index is 12.7. The molecule has 0 aromatic heterocycles. The SMILES string of the molecule is CC(C)(C)C(=O)C(C#N)=NNc1cc(C(F)(F)F)cc(C(F)(F)F)c1. The van der Waals surface area contributed by atoms with Crippen molar-refractivity contribution in [3.05, 3.63) is 29.3 Å². The molecule has 0 spiro atoms. The van der Waals surface area contributed by atoms with Crippen LogP contribution in [0, 0.1) is 16.7 Å². The van der Waals surface area contributed by atoms with Gasteiger partial charge in [-0.05, 0) is 18.2 Å². The number of benzene rings is 1. The standard InChI is InChI=1S/C15H13F6N3O/c1-13(2,3)12(25)11(7-22)24-23-10-5-8(14(16,17)18)4-9(6-10)15(19,20)21/h4-6,23H,1-3H3. The van der Waals surface area contributed by atoms with Crippen LogP contribution in [0.2, 0.25) is 0 Å². The first-order chi connectivity index (χ1) is 11.2. The smallest absolute Gasteiger partial charge is 0.291 e. The molecule has 0 aliphatic rings. The number of carbonyl (C=O) groups excluding carboxylic acids is 1. The maximum Gasteiger partial charge on any atom is 0.416 e. The van der Waals surface area contributed by atoms with Crippen LogP contribution in [0.4, 0.5) is 32.0 Å². The summed E-state index contributed by atoms with van der Waals surface area (Å²) in [5, 5.41) is 12.3. The van der Waals surface area contributed by atoms with E-state index in [1.54, 1.807) is 0 Å². The van der Waals surface area contributed by atoms with Gasteiger partial charge in [-0.3, -0.25) is 10.2 Å². The molecule has 0 aliphatic carbocycles. The number of nitrogens with zero attached hydrogens (tertiary/aromatic N) is 2. The predicted molar refractivity (Wildman–Crippen MR) is 77.6 cm³/mol. The third-order valence-electron chi connectivity index (χ3n) is 2.89. The van der Waals surface area contributed by atoms with Crippen LogP contribution in [0.1, 0.15) is 31.9 Å². The van der Waals surface area contributed by atoms with Crippen LogP contribution in [-0.2, 0) is 17.1 Å². The summed E-state index contributed by atoms with van der Waals surface area (Å²) in [6.07, 6.45) is -10.0. The minimum atomic E-state index is -5.01. The van der Waals surface area contributed by atoms with Crippen molar-refractivity contribution >= 4 is 17.2 Å². The van der Waals surface area contributed by atoms with E-state index in [1.807, 2.05) is 5.43 Å². The van der Waals surface area contributed by atoms with E-state index in [9.17, 15) is 31.1 Å². The van der Waals surface area contributed by atoms with Crippen molar-refractivity contribution in [1.29, 1.82) is 5.26 Å². The zero-order valence-corrected chi connectivity index (χ0v) is 13.3. The van der Waals surface area contributed by atoms with Crippen LogP contribution in [-0.4, -0.2) is 11.5 Å². The summed E-state index contributed by atoms with van der Waals surface area (Å²) in [7, 11) is 0. The Morgan fingerprint density at radius 2 is 1.44 bits per heavy atom. The van der Waals surface area contributed by atoms with Crippen molar-refractivity contribution in [2.24, 2.45) is 10.5 Å². The number of carbonyl (C=O) groups is 1. The molecule has 0 aliphatic heterocycles. The van der Waals surface area contributed by atoms with Crippen molar-refractivity contribution in [1.82, 2.24) is 0 Å². The molecule has 1 N–H and O–H groups in total. The first-order valence-corrected chi connectivity index (χ1v) is 6.74. The van der Waals surface area contributed by atoms with E-state index in [1.165, 1.54) is 26.8 Å². The molecule has 25 heavy (non-hydrogen) atoms. The van der Waals surface area contributed by atoms with Gasteiger partial charge in [0.15, 0.2) is 5.78 Å². The number of nitriles is 1. The summed E-state index contributed by atoms with van der Waals surface area (Å²) >= 11 is 0. The molecule has 0 unspecified atom stereocenters. The van der Waals surface area contributed by atoms with E-state index in [0.29, 0.717) is 12.1 Å². The van der Waals surface area contributed by atoms with Crippen molar-refractivity contribution in [3.8, 4) is 6.07 Å². The Bertz CT molecular complexity index is 703. The third kappa shape index (κ3) is 5.48. The van der Waals surface area contributed by atoms with Gasteiger partial charge in [-0.15, -0.1) is 0 Å². The second-order valence-corrected chi connectivity index (χ2v) is 6.06. The fourth-order valence-electron chi connectivity index (χ4n) is 1.62. The van der Waals surface area contributed by atoms with Crippen molar-refractivity contribution in [2.75, 3.05) is 5.43 Å². The summed E-state index contributed by atoms with van der Waals surface area (Å²) in [6, 6.07) is 2.22. The highest BCUT2D eigenvalue weighted by molar-refractivity contribution is 6.47. The lowest BCUT2D eigenvalue weighted by atomic mass is 9.88. The van der Waals surface area contributed by atoms with Crippen molar-refractivity contribution in [3.63, 3.8) is 0 Å². The van der Waals surface area contributed by atoms with Gasteiger partial charge in [-0.25, -0.2) is 0 Å². The molecule has 1 aromatic rings.